The molecule has 7 amide bonds. The Morgan fingerprint density at radius 2 is 1.24 bits per heavy atom. The van der Waals surface area contributed by atoms with E-state index in [2.05, 4.69) is 77.2 Å². The van der Waals surface area contributed by atoms with Crippen LogP contribution in [0.15, 0.2) is 36.4 Å². The molecule has 1 aromatic heterocycles. The summed E-state index contributed by atoms with van der Waals surface area (Å²) in [5, 5.41) is 36.9. The van der Waals surface area contributed by atoms with E-state index >= 15 is 0 Å². The van der Waals surface area contributed by atoms with Crippen LogP contribution in [0.4, 0.5) is 5.69 Å². The Morgan fingerprint density at radius 1 is 0.653 bits per heavy atom. The third-order valence-electron chi connectivity index (χ3n) is 21.9. The fourth-order valence-electron chi connectivity index (χ4n) is 16.2. The van der Waals surface area contributed by atoms with Crippen LogP contribution in [-0.2, 0) is 93.9 Å². The molecule has 0 bridgehead atoms. The number of aromatic nitrogens is 3. The van der Waals surface area contributed by atoms with Crippen LogP contribution < -0.4 is 37.6 Å². The van der Waals surface area contributed by atoms with Crippen LogP contribution in [0.3, 0.4) is 0 Å². The van der Waals surface area contributed by atoms with E-state index in [-0.39, 0.29) is 65.3 Å². The SMILES string of the molecule is CC(C)[C@H](NC(=O)[C@H](N)CCCCNC(=O)COC1CCCCCc2c1nnn2CCOCCOCCOCCOCCC(=O)NCC[N+](C)(C)C)C(=O)N[C@@H](C)C(=O)Nc1ccc2c(c1)[C@@]1(C)CCC[C@](C)(C(=O)NC(=O)[C@@]3(C)CCC[C@]4(C)c5cc(O)ccc5CC[C@@H]34)[C@@H]1CC2. The predicted octanol–water partition coefficient (Wildman–Crippen LogP) is 6.70. The molecular formula is C74H116N11O13+. The molecule has 2 saturated carbocycles. The molecule has 8 rings (SSSR count). The summed E-state index contributed by atoms with van der Waals surface area (Å²) < 4.78 is 31.4. The number of fused-ring (bicyclic) bond motifs is 7. The number of amides is 7. The number of carbonyl (C=O) groups is 7. The minimum absolute atomic E-state index is 0.0114. The molecule has 0 saturated heterocycles. The summed E-state index contributed by atoms with van der Waals surface area (Å²) in [4.78, 5) is 95.5. The molecule has 24 nitrogen and oxygen atoms in total. The van der Waals surface area contributed by atoms with Gasteiger partial charge in [0, 0.05) is 18.7 Å². The highest BCUT2D eigenvalue weighted by Gasteiger charge is 2.58. The molecule has 5 aliphatic carbocycles. The molecule has 24 heteroatoms. The van der Waals surface area contributed by atoms with Crippen molar-refractivity contribution in [3.63, 3.8) is 0 Å². The fourth-order valence-corrected chi connectivity index (χ4v) is 16.2. The number of hydrogen-bond acceptors (Lipinski definition) is 16. The molecule has 1 heterocycles. The number of aryl methyl sites for hydroxylation is 2. The van der Waals surface area contributed by atoms with E-state index in [9.17, 15) is 38.7 Å². The minimum atomic E-state index is -0.968. The lowest BCUT2D eigenvalue weighted by atomic mass is 9.49. The van der Waals surface area contributed by atoms with Crippen LogP contribution >= 0.6 is 0 Å². The summed E-state index contributed by atoms with van der Waals surface area (Å²) in [6.45, 7) is 19.2. The van der Waals surface area contributed by atoms with Crippen molar-refractivity contribution in [1.29, 1.82) is 0 Å². The number of benzene rings is 2. The van der Waals surface area contributed by atoms with Crippen molar-refractivity contribution in [3.05, 3.63) is 70.0 Å². The van der Waals surface area contributed by atoms with Gasteiger partial charge in [0.15, 0.2) is 0 Å². The van der Waals surface area contributed by atoms with E-state index in [0.717, 1.165) is 123 Å². The summed E-state index contributed by atoms with van der Waals surface area (Å²) in [6.07, 6.45) is 13.7. The predicted molar refractivity (Wildman–Crippen MR) is 372 cm³/mol. The lowest BCUT2D eigenvalue weighted by Gasteiger charge is -2.56. The van der Waals surface area contributed by atoms with Gasteiger partial charge in [0.25, 0.3) is 0 Å². The number of rotatable bonds is 35. The van der Waals surface area contributed by atoms with Crippen molar-refractivity contribution in [1.82, 2.24) is 41.6 Å². The van der Waals surface area contributed by atoms with Crippen LogP contribution in [0, 0.1) is 28.6 Å². The second kappa shape index (κ2) is 35.3. The number of unbranched alkanes of at least 4 members (excludes halogenated alkanes) is 1. The van der Waals surface area contributed by atoms with Gasteiger partial charge >= 0.3 is 0 Å². The number of phenolic OH excluding ortho intramolecular Hbond substituents is 1. The summed E-state index contributed by atoms with van der Waals surface area (Å²) >= 11 is 0. The minimum Gasteiger partial charge on any atom is -0.508 e. The zero-order valence-corrected chi connectivity index (χ0v) is 60.3. The van der Waals surface area contributed by atoms with Crippen LogP contribution in [0.25, 0.3) is 0 Å². The number of aromatic hydroxyl groups is 1. The average molecular weight is 1370 g/mol. The number of carbonyl (C=O) groups excluding carboxylic acids is 7. The molecule has 9 N–H and O–H groups in total. The summed E-state index contributed by atoms with van der Waals surface area (Å²) in [5.74, 6) is -2.32. The normalized spacial score (nSPS) is 24.5. The average Bonchev–Trinajstić information content (AvgIpc) is 0.836. The Hall–Kier alpha value is -6.41. The summed E-state index contributed by atoms with van der Waals surface area (Å²) in [7, 11) is 6.25. The molecular weight excluding hydrogens is 1250 g/mol. The number of anilines is 1. The first kappa shape index (κ1) is 77.3. The van der Waals surface area contributed by atoms with Gasteiger partial charge in [-0.15, -0.1) is 5.10 Å². The van der Waals surface area contributed by atoms with Crippen molar-refractivity contribution in [2.45, 2.75) is 212 Å². The highest BCUT2D eigenvalue weighted by Crippen LogP contribution is 2.60. The van der Waals surface area contributed by atoms with E-state index in [1.54, 1.807) is 26.8 Å². The molecule has 2 aromatic carbocycles. The Kier molecular flexibility index (Phi) is 27.8. The van der Waals surface area contributed by atoms with Gasteiger partial charge in [0.05, 0.1) is 116 Å². The number of quaternary nitrogens is 1. The fraction of sp³-hybridized carbons (Fsp3) is 0.716. The molecule has 5 aliphatic rings. The summed E-state index contributed by atoms with van der Waals surface area (Å²) in [6, 6.07) is 8.71. The second-order valence-corrected chi connectivity index (χ2v) is 30.6. The largest absolute Gasteiger partial charge is 0.508 e. The monoisotopic (exact) mass is 1370 g/mol. The number of nitrogens with two attached hydrogens (primary N) is 1. The number of phenols is 1. The van der Waals surface area contributed by atoms with Gasteiger partial charge in [-0.2, -0.15) is 0 Å². The van der Waals surface area contributed by atoms with E-state index < -0.39 is 52.1 Å². The molecule has 0 aliphatic heterocycles. The van der Waals surface area contributed by atoms with Gasteiger partial charge in [0.1, 0.15) is 36.2 Å². The van der Waals surface area contributed by atoms with Crippen molar-refractivity contribution < 1.29 is 66.8 Å². The van der Waals surface area contributed by atoms with Gasteiger partial charge < -0.3 is 65.6 Å². The Bertz CT molecular complexity index is 3210. The third-order valence-corrected chi connectivity index (χ3v) is 21.9. The molecule has 1 unspecified atom stereocenters. The molecule has 3 aromatic rings. The van der Waals surface area contributed by atoms with Gasteiger partial charge in [-0.25, -0.2) is 4.68 Å². The number of imide groups is 1. The van der Waals surface area contributed by atoms with Crippen molar-refractivity contribution in [2.75, 3.05) is 106 Å². The summed E-state index contributed by atoms with van der Waals surface area (Å²) in [5.41, 5.74) is 10.9. The molecule has 544 valence electrons. The number of nitrogens with one attached hydrogen (secondary N) is 6. The Balaban J connectivity index is 0.707. The van der Waals surface area contributed by atoms with Crippen LogP contribution in [0.5, 0.6) is 5.75 Å². The van der Waals surface area contributed by atoms with E-state index in [1.807, 2.05) is 48.9 Å². The smallest absolute Gasteiger partial charge is 0.246 e. The number of ether oxygens (including phenoxy) is 5. The maximum absolute atomic E-state index is 14.8. The van der Waals surface area contributed by atoms with E-state index in [0.29, 0.717) is 117 Å². The van der Waals surface area contributed by atoms with Gasteiger partial charge in [-0.1, -0.05) is 84.6 Å². The van der Waals surface area contributed by atoms with Gasteiger partial charge in [-0.3, -0.25) is 38.9 Å². The standard InChI is InChI=1S/C74H115N11O13/c1-49(2)64(80-67(90)57(75)18-14-15-34-76-63(88)48-98-59-20-13-11-12-19-58-65(59)82-83-84(58)36-39-95-41-43-97-45-44-96-42-40-94-38-29-62(87)77-35-37-85(8,9)10)68(91)78-50(3)66(89)79-53-25-21-51-23-27-60-71(4,55(51)46-53)30-16-32-73(60,6)69(92)81-70(93)74(7)33-17-31-72(5)56-47-54(86)26-22-52(56)24-28-61(72)74/h21-22,25-26,46-47,49-50,57,59-61,64H,11-20,23-24,27-45,48,75H2,1-10H3,(H6-,76,77,78,79,80,81,86,87,88,89,90,91,92,93)/p+1/t50-,57+,59?,60+,61+,64-,71+,72+,73-,74-/m0/s1. The highest BCUT2D eigenvalue weighted by atomic mass is 16.6. The molecule has 98 heavy (non-hydrogen) atoms. The second-order valence-electron chi connectivity index (χ2n) is 30.6. The van der Waals surface area contributed by atoms with E-state index in [4.69, 9.17) is 29.4 Å². The van der Waals surface area contributed by atoms with Crippen molar-refractivity contribution >= 4 is 47.0 Å². The highest BCUT2D eigenvalue weighted by molar-refractivity contribution is 6.01. The molecule has 2 fully saturated rings. The number of nitrogens with zero attached hydrogens (tertiary/aromatic N) is 4. The van der Waals surface area contributed by atoms with Crippen LogP contribution in [0.2, 0.25) is 0 Å². The van der Waals surface area contributed by atoms with Crippen molar-refractivity contribution in [3.8, 4) is 5.75 Å². The first-order chi connectivity index (χ1) is 46.7. The molecule has 0 radical (unpaired) electrons. The van der Waals surface area contributed by atoms with Crippen LogP contribution in [-0.4, -0.2) is 184 Å². The molecule has 10 atom stereocenters. The topological polar surface area (TPSA) is 315 Å². The third kappa shape index (κ3) is 20.0. The van der Waals surface area contributed by atoms with Gasteiger partial charge in [-0.05, 0) is 172 Å². The first-order valence-corrected chi connectivity index (χ1v) is 36.3. The van der Waals surface area contributed by atoms with Gasteiger partial charge in [0.2, 0.25) is 41.4 Å². The maximum atomic E-state index is 14.8. The van der Waals surface area contributed by atoms with Crippen LogP contribution in [0.1, 0.15) is 191 Å². The number of likely N-dealkylation sites (N-methyl/N-ethyl adjacent to an activating group) is 1. The molecule has 0 spiro atoms. The lowest BCUT2D eigenvalue weighted by molar-refractivity contribution is -0.869. The number of hydrogen-bond donors (Lipinski definition) is 8. The zero-order chi connectivity index (χ0) is 70.8. The quantitative estimate of drug-likeness (QED) is 0.0173. The first-order valence-electron chi connectivity index (χ1n) is 36.3. The van der Waals surface area contributed by atoms with Crippen molar-refractivity contribution in [2.24, 2.45) is 34.3 Å². The Morgan fingerprint density at radius 3 is 1.87 bits per heavy atom. The maximum Gasteiger partial charge on any atom is 0.246 e. The lowest BCUT2D eigenvalue weighted by Crippen LogP contribution is -2.60. The zero-order valence-electron chi connectivity index (χ0n) is 60.3. The van der Waals surface area contributed by atoms with E-state index in [1.165, 1.54) is 5.56 Å². The Labute approximate surface area is 580 Å².